The van der Waals surface area contributed by atoms with Crippen molar-refractivity contribution in [1.29, 1.82) is 0 Å². The van der Waals surface area contributed by atoms with Gasteiger partial charge in [0, 0.05) is 68.3 Å². The Balaban J connectivity index is 1.20. The van der Waals surface area contributed by atoms with E-state index in [1.54, 1.807) is 0 Å². The van der Waals surface area contributed by atoms with Crippen molar-refractivity contribution in [2.75, 3.05) is 0 Å². The van der Waals surface area contributed by atoms with Crippen LogP contribution in [-0.2, 0) is 0 Å². The van der Waals surface area contributed by atoms with Gasteiger partial charge in [0.1, 0.15) is 5.82 Å². The van der Waals surface area contributed by atoms with Crippen LogP contribution in [0.4, 0.5) is 0 Å². The summed E-state index contributed by atoms with van der Waals surface area (Å²) >= 11 is 3.69. The molecule has 0 amide bonds. The highest BCUT2D eigenvalue weighted by Gasteiger charge is 2.19. The number of aromatic nitrogens is 3. The molecule has 0 saturated carbocycles. The fourth-order valence-corrected chi connectivity index (χ4v) is 9.83. The Morgan fingerprint density at radius 1 is 0.353 bits per heavy atom. The van der Waals surface area contributed by atoms with Crippen LogP contribution >= 0.6 is 22.7 Å². The van der Waals surface area contributed by atoms with Crippen molar-refractivity contribution in [1.82, 2.24) is 14.5 Å². The minimum atomic E-state index is 0.698. The molecule has 11 aromatic rings. The number of fused-ring (bicyclic) bond motifs is 9. The molecule has 238 valence electrons. The van der Waals surface area contributed by atoms with Crippen LogP contribution in [0.5, 0.6) is 0 Å². The SMILES string of the molecule is c1ccc(-c2cccc(-c3nc(-c4ccc5sc6ccccc6c5c4)cc(-n4c5ccccc5c5cc6sc7ccccc7c6cc54)n3)c2)cc1. The molecule has 0 bridgehead atoms. The van der Waals surface area contributed by atoms with E-state index < -0.39 is 0 Å². The summed E-state index contributed by atoms with van der Waals surface area (Å²) in [5, 5.41) is 7.53. The molecular formula is C46H27N3S2. The second-order valence-electron chi connectivity index (χ2n) is 13.0. The molecule has 0 atom stereocenters. The quantitative estimate of drug-likeness (QED) is 0.185. The summed E-state index contributed by atoms with van der Waals surface area (Å²) in [4.78, 5) is 10.7. The van der Waals surface area contributed by atoms with E-state index in [0.717, 1.165) is 39.2 Å². The van der Waals surface area contributed by atoms with Gasteiger partial charge in [-0.1, -0.05) is 109 Å². The van der Waals surface area contributed by atoms with Crippen molar-refractivity contribution in [3.8, 4) is 39.6 Å². The lowest BCUT2D eigenvalue weighted by Crippen LogP contribution is -2.02. The van der Waals surface area contributed by atoms with Crippen molar-refractivity contribution >= 4 is 84.8 Å². The lowest BCUT2D eigenvalue weighted by Gasteiger charge is -2.13. The topological polar surface area (TPSA) is 30.7 Å². The van der Waals surface area contributed by atoms with Gasteiger partial charge >= 0.3 is 0 Å². The van der Waals surface area contributed by atoms with E-state index in [0.29, 0.717) is 5.82 Å². The molecule has 11 rings (SSSR count). The third kappa shape index (κ3) is 4.56. The average molecular weight is 686 g/mol. The standard InChI is InChI=1S/C46H27N3S2/c1-2-11-28(12-3-1)29-13-10-14-31(23-29)46-47-38(30-21-22-43-36(24-30)33-16-5-8-19-41(33)50-43)27-45(48-46)49-39-18-7-4-15-32(39)35-26-44-37(25-40(35)49)34-17-6-9-20-42(34)51-44/h1-27H. The Hall–Kier alpha value is -6.14. The van der Waals surface area contributed by atoms with Crippen LogP contribution in [0, 0.1) is 0 Å². The zero-order chi connectivity index (χ0) is 33.5. The van der Waals surface area contributed by atoms with E-state index >= 15 is 0 Å². The first kappa shape index (κ1) is 28.7. The fraction of sp³-hybridized carbons (Fsp3) is 0. The van der Waals surface area contributed by atoms with Crippen LogP contribution in [0.3, 0.4) is 0 Å². The molecule has 0 aliphatic carbocycles. The molecule has 0 aliphatic heterocycles. The van der Waals surface area contributed by atoms with Gasteiger partial charge in [-0.2, -0.15) is 0 Å². The molecule has 0 N–H and O–H groups in total. The maximum Gasteiger partial charge on any atom is 0.162 e. The van der Waals surface area contributed by atoms with Crippen LogP contribution in [-0.4, -0.2) is 14.5 Å². The van der Waals surface area contributed by atoms with E-state index in [4.69, 9.17) is 9.97 Å². The van der Waals surface area contributed by atoms with E-state index in [1.165, 1.54) is 56.7 Å². The Kier molecular flexibility index (Phi) is 6.29. The van der Waals surface area contributed by atoms with Gasteiger partial charge in [0.2, 0.25) is 0 Å². The number of para-hydroxylation sites is 1. The normalized spacial score (nSPS) is 11.9. The predicted molar refractivity (Wildman–Crippen MR) is 218 cm³/mol. The van der Waals surface area contributed by atoms with Crippen molar-refractivity contribution < 1.29 is 0 Å². The van der Waals surface area contributed by atoms with Crippen LogP contribution in [0.2, 0.25) is 0 Å². The van der Waals surface area contributed by atoms with Crippen LogP contribution < -0.4 is 0 Å². The van der Waals surface area contributed by atoms with Crippen molar-refractivity contribution in [3.05, 3.63) is 164 Å². The molecule has 4 aromatic heterocycles. The monoisotopic (exact) mass is 685 g/mol. The van der Waals surface area contributed by atoms with Crippen LogP contribution in [0.15, 0.2) is 164 Å². The van der Waals surface area contributed by atoms with Gasteiger partial charge < -0.3 is 0 Å². The first-order chi connectivity index (χ1) is 25.2. The summed E-state index contributed by atoms with van der Waals surface area (Å²) < 4.78 is 7.51. The Labute approximate surface area is 301 Å². The van der Waals surface area contributed by atoms with Crippen molar-refractivity contribution in [2.24, 2.45) is 0 Å². The predicted octanol–water partition coefficient (Wildman–Crippen LogP) is 13.3. The molecular weight excluding hydrogens is 659 g/mol. The van der Waals surface area contributed by atoms with Crippen LogP contribution in [0.1, 0.15) is 0 Å². The number of rotatable bonds is 4. The molecule has 4 heterocycles. The van der Waals surface area contributed by atoms with Gasteiger partial charge in [0.25, 0.3) is 0 Å². The first-order valence-electron chi connectivity index (χ1n) is 17.1. The van der Waals surface area contributed by atoms with E-state index in [1.807, 2.05) is 22.7 Å². The van der Waals surface area contributed by atoms with Gasteiger partial charge in [0.15, 0.2) is 5.82 Å². The van der Waals surface area contributed by atoms with E-state index in [2.05, 4.69) is 168 Å². The minimum absolute atomic E-state index is 0.698. The summed E-state index contributed by atoms with van der Waals surface area (Å²) in [6, 6.07) is 58.8. The minimum Gasteiger partial charge on any atom is -0.294 e. The highest BCUT2D eigenvalue weighted by molar-refractivity contribution is 7.26. The number of nitrogens with zero attached hydrogens (tertiary/aromatic N) is 3. The summed E-state index contributed by atoms with van der Waals surface area (Å²) in [7, 11) is 0. The van der Waals surface area contributed by atoms with Crippen molar-refractivity contribution in [2.45, 2.75) is 0 Å². The summed E-state index contributed by atoms with van der Waals surface area (Å²) in [5.74, 6) is 1.55. The second kappa shape index (κ2) is 11.2. The number of hydrogen-bond donors (Lipinski definition) is 0. The van der Waals surface area contributed by atoms with Gasteiger partial charge in [-0.3, -0.25) is 4.57 Å². The highest BCUT2D eigenvalue weighted by atomic mass is 32.1. The Bertz CT molecular complexity index is 3150. The number of benzene rings is 7. The smallest absolute Gasteiger partial charge is 0.162 e. The lowest BCUT2D eigenvalue weighted by molar-refractivity contribution is 1.05. The molecule has 0 aliphatic rings. The van der Waals surface area contributed by atoms with Gasteiger partial charge in [0.05, 0.1) is 16.7 Å². The van der Waals surface area contributed by atoms with Crippen LogP contribution in [0.25, 0.3) is 102 Å². The largest absolute Gasteiger partial charge is 0.294 e. The molecule has 0 unspecified atom stereocenters. The third-order valence-electron chi connectivity index (χ3n) is 10.0. The zero-order valence-electron chi connectivity index (χ0n) is 27.2. The first-order valence-corrected chi connectivity index (χ1v) is 18.7. The Morgan fingerprint density at radius 3 is 1.82 bits per heavy atom. The number of hydrogen-bond acceptors (Lipinski definition) is 4. The third-order valence-corrected chi connectivity index (χ3v) is 12.3. The summed E-state index contributed by atoms with van der Waals surface area (Å²) in [5.41, 5.74) is 7.52. The Morgan fingerprint density at radius 2 is 1.00 bits per heavy atom. The van der Waals surface area contributed by atoms with Crippen molar-refractivity contribution in [3.63, 3.8) is 0 Å². The molecule has 0 saturated heterocycles. The number of thiophene rings is 2. The molecule has 0 fully saturated rings. The van der Waals surface area contributed by atoms with Gasteiger partial charge in [-0.25, -0.2) is 9.97 Å². The average Bonchev–Trinajstić information content (AvgIpc) is 3.86. The molecule has 51 heavy (non-hydrogen) atoms. The lowest BCUT2D eigenvalue weighted by atomic mass is 10.0. The summed E-state index contributed by atoms with van der Waals surface area (Å²) in [6.45, 7) is 0. The summed E-state index contributed by atoms with van der Waals surface area (Å²) in [6.07, 6.45) is 0. The maximum atomic E-state index is 5.40. The molecule has 0 spiro atoms. The van der Waals surface area contributed by atoms with Gasteiger partial charge in [-0.15, -0.1) is 22.7 Å². The molecule has 7 aromatic carbocycles. The van der Waals surface area contributed by atoms with E-state index in [-0.39, 0.29) is 0 Å². The molecule has 3 nitrogen and oxygen atoms in total. The fourth-order valence-electron chi connectivity index (χ4n) is 7.61. The second-order valence-corrected chi connectivity index (χ2v) is 15.2. The van der Waals surface area contributed by atoms with E-state index in [9.17, 15) is 0 Å². The molecule has 0 radical (unpaired) electrons. The maximum absolute atomic E-state index is 5.40. The zero-order valence-corrected chi connectivity index (χ0v) is 28.9. The molecule has 5 heteroatoms. The van der Waals surface area contributed by atoms with Gasteiger partial charge in [-0.05, 0) is 59.7 Å². The highest BCUT2D eigenvalue weighted by Crippen LogP contribution is 2.42.